The smallest absolute Gasteiger partial charge is 0.274 e. The van der Waals surface area contributed by atoms with Crippen molar-refractivity contribution in [1.82, 2.24) is 4.98 Å². The van der Waals surface area contributed by atoms with E-state index in [0.29, 0.717) is 23.0 Å². The van der Waals surface area contributed by atoms with E-state index in [2.05, 4.69) is 40.3 Å². The van der Waals surface area contributed by atoms with E-state index in [9.17, 15) is 10.1 Å². The number of amides is 1. The molecule has 0 spiro atoms. The van der Waals surface area contributed by atoms with Crippen molar-refractivity contribution in [2.75, 3.05) is 10.2 Å². The lowest BCUT2D eigenvalue weighted by atomic mass is 10.1. The summed E-state index contributed by atoms with van der Waals surface area (Å²) in [7, 11) is 0. The molecule has 5 nitrogen and oxygen atoms in total. The van der Waals surface area contributed by atoms with E-state index in [1.807, 2.05) is 18.2 Å². The molecule has 1 aliphatic heterocycles. The van der Waals surface area contributed by atoms with Gasteiger partial charge in [0.15, 0.2) is 0 Å². The first-order chi connectivity index (χ1) is 13.2. The zero-order valence-electron chi connectivity index (χ0n) is 14.9. The molecular formula is C22H18N4O. The summed E-state index contributed by atoms with van der Waals surface area (Å²) in [6.45, 7) is 2.17. The number of nitrogens with one attached hydrogen (secondary N) is 1. The second kappa shape index (κ2) is 6.93. The van der Waals surface area contributed by atoms with Crippen LogP contribution in [0.3, 0.4) is 0 Å². The fourth-order valence-corrected chi connectivity index (χ4v) is 3.53. The Kier molecular flexibility index (Phi) is 4.31. The monoisotopic (exact) mass is 354 g/mol. The third-order valence-electron chi connectivity index (χ3n) is 4.76. The topological polar surface area (TPSA) is 69.0 Å². The Morgan fingerprint density at radius 1 is 1.19 bits per heavy atom. The van der Waals surface area contributed by atoms with E-state index >= 15 is 0 Å². The second-order valence-electron chi connectivity index (χ2n) is 6.56. The Bertz CT molecular complexity index is 1050. The second-order valence-corrected chi connectivity index (χ2v) is 6.56. The number of hydrogen-bond acceptors (Lipinski definition) is 4. The molecular weight excluding hydrogens is 336 g/mol. The molecule has 5 heteroatoms. The van der Waals surface area contributed by atoms with E-state index in [1.165, 1.54) is 5.56 Å². The molecule has 0 saturated heterocycles. The van der Waals surface area contributed by atoms with Crippen molar-refractivity contribution in [3.8, 4) is 6.07 Å². The minimum absolute atomic E-state index is 0.306. The van der Waals surface area contributed by atoms with Crippen LogP contribution in [0.25, 0.3) is 0 Å². The average molecular weight is 354 g/mol. The molecule has 2 aromatic carbocycles. The van der Waals surface area contributed by atoms with Crippen LogP contribution >= 0.6 is 0 Å². The van der Waals surface area contributed by atoms with Gasteiger partial charge < -0.3 is 10.2 Å². The SMILES string of the molecule is CC1Cc2ccccc2N1c1ccnc(C(=O)Nc2ccccc2C#N)c1. The van der Waals surface area contributed by atoms with Gasteiger partial charge in [-0.25, -0.2) is 0 Å². The fourth-order valence-electron chi connectivity index (χ4n) is 3.53. The molecule has 0 fully saturated rings. The lowest BCUT2D eigenvalue weighted by Gasteiger charge is -2.25. The van der Waals surface area contributed by atoms with Crippen molar-refractivity contribution >= 4 is 23.0 Å². The van der Waals surface area contributed by atoms with Gasteiger partial charge in [-0.15, -0.1) is 0 Å². The van der Waals surface area contributed by atoms with Gasteiger partial charge in [0.2, 0.25) is 0 Å². The quantitative estimate of drug-likeness (QED) is 0.762. The third-order valence-corrected chi connectivity index (χ3v) is 4.76. The zero-order chi connectivity index (χ0) is 18.8. The van der Waals surface area contributed by atoms with Gasteiger partial charge in [0, 0.05) is 23.6 Å². The van der Waals surface area contributed by atoms with Gasteiger partial charge >= 0.3 is 0 Å². The fraction of sp³-hybridized carbons (Fsp3) is 0.136. The molecule has 1 atom stereocenters. The summed E-state index contributed by atoms with van der Waals surface area (Å²) < 4.78 is 0. The predicted octanol–water partition coefficient (Wildman–Crippen LogP) is 4.29. The average Bonchev–Trinajstić information content (AvgIpc) is 3.04. The molecule has 0 bridgehead atoms. The largest absolute Gasteiger partial charge is 0.338 e. The number of pyridine rings is 1. The highest BCUT2D eigenvalue weighted by Crippen LogP contribution is 2.38. The number of hydrogen-bond donors (Lipinski definition) is 1. The summed E-state index contributed by atoms with van der Waals surface area (Å²) in [5, 5.41) is 12.0. The lowest BCUT2D eigenvalue weighted by Crippen LogP contribution is -2.24. The maximum atomic E-state index is 12.7. The lowest BCUT2D eigenvalue weighted by molar-refractivity contribution is 0.102. The standard InChI is InChI=1S/C22H18N4O/c1-15-12-16-6-3-5-9-21(16)26(15)18-10-11-24-20(13-18)22(27)25-19-8-4-2-7-17(19)14-23/h2-11,13,15H,12H2,1H3,(H,25,27). The maximum absolute atomic E-state index is 12.7. The Hall–Kier alpha value is -3.65. The number of carbonyl (C=O) groups excluding carboxylic acids is 1. The molecule has 1 aliphatic rings. The number of anilines is 3. The zero-order valence-corrected chi connectivity index (χ0v) is 14.9. The number of rotatable bonds is 3. The third kappa shape index (κ3) is 3.13. The Labute approximate surface area is 157 Å². The number of fused-ring (bicyclic) bond motifs is 1. The normalized spacial score (nSPS) is 15.1. The number of carbonyl (C=O) groups is 1. The highest BCUT2D eigenvalue weighted by molar-refractivity contribution is 6.04. The molecule has 27 heavy (non-hydrogen) atoms. The van der Waals surface area contributed by atoms with Crippen molar-refractivity contribution in [2.45, 2.75) is 19.4 Å². The van der Waals surface area contributed by atoms with Gasteiger partial charge in [0.05, 0.1) is 11.3 Å². The summed E-state index contributed by atoms with van der Waals surface area (Å²) in [6.07, 6.45) is 2.61. The van der Waals surface area contributed by atoms with Gasteiger partial charge in [0.25, 0.3) is 5.91 Å². The molecule has 0 aliphatic carbocycles. The van der Waals surface area contributed by atoms with Crippen molar-refractivity contribution in [2.24, 2.45) is 0 Å². The maximum Gasteiger partial charge on any atom is 0.274 e. The van der Waals surface area contributed by atoms with Gasteiger partial charge in [-0.1, -0.05) is 30.3 Å². The predicted molar refractivity (Wildman–Crippen MR) is 105 cm³/mol. The molecule has 1 aromatic heterocycles. The van der Waals surface area contributed by atoms with E-state index in [1.54, 1.807) is 36.5 Å². The molecule has 132 valence electrons. The summed E-state index contributed by atoms with van der Waals surface area (Å²) in [5.74, 6) is -0.334. The van der Waals surface area contributed by atoms with Gasteiger partial charge in [-0.3, -0.25) is 9.78 Å². The van der Waals surface area contributed by atoms with Crippen LogP contribution in [0.1, 0.15) is 28.5 Å². The first kappa shape index (κ1) is 16.8. The van der Waals surface area contributed by atoms with Crippen molar-refractivity contribution in [1.29, 1.82) is 5.26 Å². The van der Waals surface area contributed by atoms with Crippen LogP contribution in [0, 0.1) is 11.3 Å². The van der Waals surface area contributed by atoms with Crippen LogP contribution in [-0.4, -0.2) is 16.9 Å². The van der Waals surface area contributed by atoms with Gasteiger partial charge in [0.1, 0.15) is 11.8 Å². The molecule has 3 aromatic rings. The highest BCUT2D eigenvalue weighted by Gasteiger charge is 2.27. The minimum atomic E-state index is -0.334. The van der Waals surface area contributed by atoms with Crippen LogP contribution in [0.4, 0.5) is 17.1 Å². The Balaban J connectivity index is 1.64. The molecule has 0 radical (unpaired) electrons. The summed E-state index contributed by atoms with van der Waals surface area (Å²) in [6, 6.07) is 21.3. The molecule has 1 unspecified atom stereocenters. The number of para-hydroxylation sites is 2. The number of benzene rings is 2. The van der Waals surface area contributed by atoms with Crippen molar-refractivity contribution in [3.05, 3.63) is 83.7 Å². The first-order valence-electron chi connectivity index (χ1n) is 8.81. The van der Waals surface area contributed by atoms with E-state index in [4.69, 9.17) is 0 Å². The van der Waals surface area contributed by atoms with Crippen molar-refractivity contribution < 1.29 is 4.79 Å². The van der Waals surface area contributed by atoms with E-state index in [0.717, 1.165) is 17.8 Å². The van der Waals surface area contributed by atoms with Crippen LogP contribution in [0.5, 0.6) is 0 Å². The van der Waals surface area contributed by atoms with Gasteiger partial charge in [-0.2, -0.15) is 5.26 Å². The van der Waals surface area contributed by atoms with Crippen LogP contribution in [0.15, 0.2) is 66.9 Å². The Morgan fingerprint density at radius 3 is 2.81 bits per heavy atom. The van der Waals surface area contributed by atoms with Crippen LogP contribution in [0.2, 0.25) is 0 Å². The summed E-state index contributed by atoms with van der Waals surface area (Å²) in [5.41, 5.74) is 4.62. The summed E-state index contributed by atoms with van der Waals surface area (Å²) in [4.78, 5) is 19.1. The number of aromatic nitrogens is 1. The Morgan fingerprint density at radius 2 is 1.96 bits per heavy atom. The molecule has 0 saturated carbocycles. The van der Waals surface area contributed by atoms with Crippen LogP contribution < -0.4 is 10.2 Å². The van der Waals surface area contributed by atoms with Crippen LogP contribution in [-0.2, 0) is 6.42 Å². The molecule has 2 heterocycles. The molecule has 1 amide bonds. The number of nitrogens with zero attached hydrogens (tertiary/aromatic N) is 3. The first-order valence-corrected chi connectivity index (χ1v) is 8.81. The highest BCUT2D eigenvalue weighted by atomic mass is 16.1. The van der Waals surface area contributed by atoms with E-state index in [-0.39, 0.29) is 5.91 Å². The van der Waals surface area contributed by atoms with E-state index < -0.39 is 0 Å². The summed E-state index contributed by atoms with van der Waals surface area (Å²) >= 11 is 0. The minimum Gasteiger partial charge on any atom is -0.338 e. The number of nitriles is 1. The molecule has 1 N–H and O–H groups in total. The van der Waals surface area contributed by atoms with Crippen molar-refractivity contribution in [3.63, 3.8) is 0 Å². The van der Waals surface area contributed by atoms with Gasteiger partial charge in [-0.05, 0) is 49.2 Å². The molecule has 4 rings (SSSR count).